The van der Waals surface area contributed by atoms with Crippen LogP contribution in [0.1, 0.15) is 17.5 Å². The van der Waals surface area contributed by atoms with Crippen molar-refractivity contribution in [1.29, 1.82) is 0 Å². The van der Waals surface area contributed by atoms with Crippen LogP contribution in [0.15, 0.2) is 42.5 Å². The average Bonchev–Trinajstić information content (AvgIpc) is 2.50. The van der Waals surface area contributed by atoms with Gasteiger partial charge in [0.15, 0.2) is 0 Å². The molecule has 0 aliphatic rings. The molecule has 0 fully saturated rings. The minimum absolute atomic E-state index is 0.0380. The van der Waals surface area contributed by atoms with Crippen LogP contribution in [0.3, 0.4) is 0 Å². The molecule has 0 unspecified atom stereocenters. The van der Waals surface area contributed by atoms with Crippen molar-refractivity contribution in [3.8, 4) is 0 Å². The second-order valence-electron chi connectivity index (χ2n) is 5.01. The van der Waals surface area contributed by atoms with Crippen molar-refractivity contribution >= 4 is 23.2 Å². The molecule has 116 valence electrons. The minimum atomic E-state index is -0.455. The number of halogens is 2. The quantitative estimate of drug-likeness (QED) is 0.847. The number of aryl methyl sites for hydroxylation is 1. The van der Waals surface area contributed by atoms with Gasteiger partial charge in [-0.3, -0.25) is 4.79 Å². The second-order valence-corrected chi connectivity index (χ2v) is 5.42. The van der Waals surface area contributed by atoms with Crippen LogP contribution in [-0.4, -0.2) is 12.5 Å². The van der Waals surface area contributed by atoms with Crippen molar-refractivity contribution in [2.45, 2.75) is 19.9 Å². The highest BCUT2D eigenvalue weighted by atomic mass is 35.5. The van der Waals surface area contributed by atoms with Gasteiger partial charge < -0.3 is 10.6 Å². The van der Waals surface area contributed by atoms with E-state index in [0.717, 1.165) is 11.1 Å². The Hall–Kier alpha value is -2.07. The summed E-state index contributed by atoms with van der Waals surface area (Å²) in [5, 5.41) is 5.99. The van der Waals surface area contributed by atoms with E-state index in [0.29, 0.717) is 25.2 Å². The van der Waals surface area contributed by atoms with E-state index in [2.05, 4.69) is 10.6 Å². The average molecular weight is 321 g/mol. The highest BCUT2D eigenvalue weighted by Crippen LogP contribution is 2.19. The van der Waals surface area contributed by atoms with Gasteiger partial charge in [-0.25, -0.2) is 4.39 Å². The van der Waals surface area contributed by atoms with Crippen LogP contribution in [-0.2, 0) is 11.3 Å². The second kappa shape index (κ2) is 7.80. The lowest BCUT2D eigenvalue weighted by Crippen LogP contribution is -2.25. The highest BCUT2D eigenvalue weighted by Gasteiger charge is 2.04. The SMILES string of the molecule is Cc1ccccc1CNC(=O)CCNc1ccc(F)c(Cl)c1. The largest absolute Gasteiger partial charge is 0.384 e. The Morgan fingerprint density at radius 2 is 2.00 bits per heavy atom. The fourth-order valence-corrected chi connectivity index (χ4v) is 2.20. The van der Waals surface area contributed by atoms with Gasteiger partial charge in [-0.15, -0.1) is 0 Å². The Morgan fingerprint density at radius 3 is 2.73 bits per heavy atom. The number of carbonyl (C=O) groups is 1. The zero-order valence-corrected chi connectivity index (χ0v) is 13.1. The van der Waals surface area contributed by atoms with E-state index >= 15 is 0 Å². The fourth-order valence-electron chi connectivity index (χ4n) is 2.02. The summed E-state index contributed by atoms with van der Waals surface area (Å²) in [6.45, 7) is 3.00. The molecule has 0 heterocycles. The molecule has 0 spiro atoms. The number of anilines is 1. The minimum Gasteiger partial charge on any atom is -0.384 e. The predicted octanol–water partition coefficient (Wildman–Crippen LogP) is 3.91. The lowest BCUT2D eigenvalue weighted by molar-refractivity contribution is -0.121. The van der Waals surface area contributed by atoms with Gasteiger partial charge in [0, 0.05) is 25.2 Å². The Morgan fingerprint density at radius 1 is 1.23 bits per heavy atom. The lowest BCUT2D eigenvalue weighted by atomic mass is 10.1. The van der Waals surface area contributed by atoms with E-state index in [1.54, 1.807) is 6.07 Å². The van der Waals surface area contributed by atoms with Crippen LogP contribution in [0.2, 0.25) is 5.02 Å². The molecule has 2 rings (SSSR count). The molecule has 2 aromatic rings. The molecule has 5 heteroatoms. The van der Waals surface area contributed by atoms with Crippen LogP contribution < -0.4 is 10.6 Å². The Kier molecular flexibility index (Phi) is 5.78. The Balaban J connectivity index is 1.74. The molecule has 2 aromatic carbocycles. The highest BCUT2D eigenvalue weighted by molar-refractivity contribution is 6.31. The summed E-state index contributed by atoms with van der Waals surface area (Å²) < 4.78 is 13.0. The zero-order valence-electron chi connectivity index (χ0n) is 12.3. The van der Waals surface area contributed by atoms with Gasteiger partial charge in [0.05, 0.1) is 5.02 Å². The summed E-state index contributed by atoms with van der Waals surface area (Å²) in [6.07, 6.45) is 0.334. The normalized spacial score (nSPS) is 10.3. The van der Waals surface area contributed by atoms with E-state index in [9.17, 15) is 9.18 Å². The maximum absolute atomic E-state index is 13.0. The van der Waals surface area contributed by atoms with E-state index < -0.39 is 5.82 Å². The van der Waals surface area contributed by atoms with Gasteiger partial charge in [-0.2, -0.15) is 0 Å². The molecule has 1 amide bonds. The number of amides is 1. The molecule has 3 nitrogen and oxygen atoms in total. The lowest BCUT2D eigenvalue weighted by Gasteiger charge is -2.09. The summed E-state index contributed by atoms with van der Waals surface area (Å²) in [7, 11) is 0. The molecule has 0 radical (unpaired) electrons. The number of hydrogen-bond acceptors (Lipinski definition) is 2. The summed E-state index contributed by atoms with van der Waals surface area (Å²) >= 11 is 5.69. The van der Waals surface area contributed by atoms with Gasteiger partial charge in [0.1, 0.15) is 5.82 Å². The molecule has 22 heavy (non-hydrogen) atoms. The first kappa shape index (κ1) is 16.3. The van der Waals surface area contributed by atoms with Gasteiger partial charge in [-0.1, -0.05) is 35.9 Å². The topological polar surface area (TPSA) is 41.1 Å². The number of rotatable bonds is 6. The van der Waals surface area contributed by atoms with Gasteiger partial charge in [0.25, 0.3) is 0 Å². The molecular formula is C17H18ClFN2O. The van der Waals surface area contributed by atoms with Gasteiger partial charge in [-0.05, 0) is 36.2 Å². The molecule has 0 bridgehead atoms. The smallest absolute Gasteiger partial charge is 0.222 e. The van der Waals surface area contributed by atoms with E-state index in [-0.39, 0.29) is 10.9 Å². The third-order valence-electron chi connectivity index (χ3n) is 3.34. The number of nitrogens with one attached hydrogen (secondary N) is 2. The number of hydrogen-bond donors (Lipinski definition) is 2. The Labute approximate surface area is 134 Å². The van der Waals surface area contributed by atoms with E-state index in [1.165, 1.54) is 12.1 Å². The first-order chi connectivity index (χ1) is 10.6. The van der Waals surface area contributed by atoms with Crippen molar-refractivity contribution < 1.29 is 9.18 Å². The number of carbonyl (C=O) groups excluding carboxylic acids is 1. The summed E-state index contributed by atoms with van der Waals surface area (Å²) in [5.41, 5.74) is 2.95. The van der Waals surface area contributed by atoms with Crippen molar-refractivity contribution in [2.75, 3.05) is 11.9 Å². The van der Waals surface area contributed by atoms with Crippen molar-refractivity contribution in [1.82, 2.24) is 5.32 Å². The standard InChI is InChI=1S/C17H18ClFN2O/c1-12-4-2-3-5-13(12)11-21-17(22)8-9-20-14-6-7-16(19)15(18)10-14/h2-7,10,20H,8-9,11H2,1H3,(H,21,22). The molecule has 0 aliphatic carbocycles. The predicted molar refractivity (Wildman–Crippen MR) is 87.5 cm³/mol. The maximum Gasteiger partial charge on any atom is 0.222 e. The first-order valence-electron chi connectivity index (χ1n) is 7.06. The van der Waals surface area contributed by atoms with E-state index in [1.807, 2.05) is 31.2 Å². The van der Waals surface area contributed by atoms with Crippen LogP contribution in [0.25, 0.3) is 0 Å². The summed E-state index contributed by atoms with van der Waals surface area (Å²) in [6, 6.07) is 12.3. The monoisotopic (exact) mass is 320 g/mol. The van der Waals surface area contributed by atoms with Crippen molar-refractivity contribution in [3.63, 3.8) is 0 Å². The molecule has 0 saturated heterocycles. The third-order valence-corrected chi connectivity index (χ3v) is 3.63. The van der Waals surface area contributed by atoms with Crippen LogP contribution in [0, 0.1) is 12.7 Å². The van der Waals surface area contributed by atoms with Crippen molar-refractivity contribution in [2.24, 2.45) is 0 Å². The molecule has 0 aromatic heterocycles. The summed E-state index contributed by atoms with van der Waals surface area (Å²) in [5.74, 6) is -0.493. The fraction of sp³-hybridized carbons (Fsp3) is 0.235. The zero-order chi connectivity index (χ0) is 15.9. The molecule has 2 N–H and O–H groups in total. The molecule has 0 atom stereocenters. The molecule has 0 aliphatic heterocycles. The Bertz CT molecular complexity index is 661. The van der Waals surface area contributed by atoms with Crippen LogP contribution in [0.4, 0.5) is 10.1 Å². The van der Waals surface area contributed by atoms with Crippen molar-refractivity contribution in [3.05, 3.63) is 64.4 Å². The number of benzene rings is 2. The van der Waals surface area contributed by atoms with E-state index in [4.69, 9.17) is 11.6 Å². The molecule has 0 saturated carbocycles. The van der Waals surface area contributed by atoms with Crippen LogP contribution >= 0.6 is 11.6 Å². The van der Waals surface area contributed by atoms with Gasteiger partial charge >= 0.3 is 0 Å². The van der Waals surface area contributed by atoms with Gasteiger partial charge in [0.2, 0.25) is 5.91 Å². The third kappa shape index (κ3) is 4.74. The maximum atomic E-state index is 13.0. The van der Waals surface area contributed by atoms with Crippen LogP contribution in [0.5, 0.6) is 0 Å². The molecular weight excluding hydrogens is 303 g/mol. The first-order valence-corrected chi connectivity index (χ1v) is 7.44. The summed E-state index contributed by atoms with van der Waals surface area (Å²) in [4.78, 5) is 11.8.